The first kappa shape index (κ1) is 15.7. The van der Waals surface area contributed by atoms with E-state index in [1.165, 1.54) is 4.90 Å². The lowest BCUT2D eigenvalue weighted by atomic mass is 10.1. The summed E-state index contributed by atoms with van der Waals surface area (Å²) in [5, 5.41) is 3.82. The second-order valence-corrected chi connectivity index (χ2v) is 6.04. The minimum atomic E-state index is -0.506. The van der Waals surface area contributed by atoms with Gasteiger partial charge in [-0.25, -0.2) is 4.90 Å². The molecule has 1 fully saturated rings. The molecule has 0 saturated carbocycles. The molecular formula is C18H17ClN2O2. The highest BCUT2D eigenvalue weighted by Gasteiger charge is 2.39. The number of amides is 2. The molecule has 2 amide bonds. The molecule has 0 aliphatic carbocycles. The van der Waals surface area contributed by atoms with Crippen LogP contribution in [0.3, 0.4) is 0 Å². The van der Waals surface area contributed by atoms with E-state index in [1.54, 1.807) is 24.3 Å². The van der Waals surface area contributed by atoms with E-state index in [1.807, 2.05) is 37.3 Å². The number of nitrogens with zero attached hydrogens (tertiary/aromatic N) is 1. The van der Waals surface area contributed by atoms with Gasteiger partial charge < -0.3 is 0 Å². The Hall–Kier alpha value is -2.17. The van der Waals surface area contributed by atoms with Crippen LogP contribution in [-0.4, -0.2) is 17.9 Å². The highest BCUT2D eigenvalue weighted by molar-refractivity contribution is 6.30. The maximum atomic E-state index is 12.6. The zero-order valence-electron chi connectivity index (χ0n) is 12.7. The summed E-state index contributed by atoms with van der Waals surface area (Å²) in [6.07, 6.45) is 0.165. The fourth-order valence-electron chi connectivity index (χ4n) is 2.76. The zero-order chi connectivity index (χ0) is 16.4. The number of carbonyl (C=O) groups excluding carboxylic acids is 2. The van der Waals surface area contributed by atoms with E-state index in [9.17, 15) is 9.59 Å². The minimum Gasteiger partial charge on any atom is -0.299 e. The van der Waals surface area contributed by atoms with Crippen LogP contribution >= 0.6 is 11.6 Å². The van der Waals surface area contributed by atoms with Crippen LogP contribution in [0.15, 0.2) is 54.6 Å². The zero-order valence-corrected chi connectivity index (χ0v) is 13.5. The molecule has 1 saturated heterocycles. The Kier molecular flexibility index (Phi) is 4.46. The molecule has 23 heavy (non-hydrogen) atoms. The molecular weight excluding hydrogens is 312 g/mol. The smallest absolute Gasteiger partial charge is 0.251 e. The van der Waals surface area contributed by atoms with Crippen molar-refractivity contribution in [3.05, 3.63) is 65.2 Å². The summed E-state index contributed by atoms with van der Waals surface area (Å²) in [4.78, 5) is 26.0. The van der Waals surface area contributed by atoms with Gasteiger partial charge in [0.15, 0.2) is 0 Å². The Balaban J connectivity index is 1.75. The topological polar surface area (TPSA) is 49.4 Å². The third-order valence-electron chi connectivity index (χ3n) is 3.98. The molecule has 1 N–H and O–H groups in total. The van der Waals surface area contributed by atoms with E-state index >= 15 is 0 Å². The molecule has 4 nitrogen and oxygen atoms in total. The van der Waals surface area contributed by atoms with Gasteiger partial charge in [-0.15, -0.1) is 0 Å². The van der Waals surface area contributed by atoms with Crippen molar-refractivity contribution in [1.29, 1.82) is 0 Å². The van der Waals surface area contributed by atoms with Crippen molar-refractivity contribution in [3.63, 3.8) is 0 Å². The first-order valence-electron chi connectivity index (χ1n) is 7.49. The van der Waals surface area contributed by atoms with Crippen LogP contribution in [0.2, 0.25) is 5.02 Å². The molecule has 0 bridgehead atoms. The van der Waals surface area contributed by atoms with E-state index in [4.69, 9.17) is 11.6 Å². The Labute approximate surface area is 140 Å². The number of benzene rings is 2. The van der Waals surface area contributed by atoms with Crippen LogP contribution in [0.1, 0.15) is 24.9 Å². The van der Waals surface area contributed by atoms with Crippen LogP contribution in [-0.2, 0) is 9.59 Å². The number of anilines is 1. The Morgan fingerprint density at radius 3 is 2.39 bits per heavy atom. The molecule has 0 radical (unpaired) electrons. The lowest BCUT2D eigenvalue weighted by Gasteiger charge is -2.19. The van der Waals surface area contributed by atoms with Crippen molar-refractivity contribution >= 4 is 29.1 Å². The van der Waals surface area contributed by atoms with Crippen LogP contribution in [0.4, 0.5) is 5.69 Å². The van der Waals surface area contributed by atoms with Crippen LogP contribution in [0.5, 0.6) is 0 Å². The molecule has 2 aromatic carbocycles. The maximum Gasteiger partial charge on any atom is 0.251 e. The normalized spacial score (nSPS) is 19.2. The van der Waals surface area contributed by atoms with Gasteiger partial charge in [0.05, 0.1) is 18.2 Å². The SMILES string of the molecule is C[C@H](N[C@H]1CC(=O)N(c2ccc(Cl)cc2)C1=O)c1ccccc1. The van der Waals surface area contributed by atoms with Gasteiger partial charge in [-0.05, 0) is 36.8 Å². The number of hydrogen-bond acceptors (Lipinski definition) is 3. The Morgan fingerprint density at radius 2 is 1.74 bits per heavy atom. The van der Waals surface area contributed by atoms with Crippen molar-refractivity contribution < 1.29 is 9.59 Å². The average molecular weight is 329 g/mol. The van der Waals surface area contributed by atoms with Crippen molar-refractivity contribution in [2.45, 2.75) is 25.4 Å². The highest BCUT2D eigenvalue weighted by atomic mass is 35.5. The Morgan fingerprint density at radius 1 is 1.09 bits per heavy atom. The second kappa shape index (κ2) is 6.52. The molecule has 0 spiro atoms. The van der Waals surface area contributed by atoms with E-state index < -0.39 is 6.04 Å². The van der Waals surface area contributed by atoms with Crippen LogP contribution in [0, 0.1) is 0 Å². The first-order valence-corrected chi connectivity index (χ1v) is 7.87. The number of rotatable bonds is 4. The van der Waals surface area contributed by atoms with Crippen molar-refractivity contribution in [1.82, 2.24) is 5.32 Å². The molecule has 0 unspecified atom stereocenters. The largest absolute Gasteiger partial charge is 0.299 e. The monoisotopic (exact) mass is 328 g/mol. The summed E-state index contributed by atoms with van der Waals surface area (Å²) in [5.74, 6) is -0.421. The van der Waals surface area contributed by atoms with Gasteiger partial charge in [0, 0.05) is 11.1 Å². The van der Waals surface area contributed by atoms with Crippen molar-refractivity contribution in [3.8, 4) is 0 Å². The molecule has 1 heterocycles. The predicted octanol–water partition coefficient (Wildman–Crippen LogP) is 3.32. The molecule has 5 heteroatoms. The summed E-state index contributed by atoms with van der Waals surface area (Å²) in [6.45, 7) is 1.98. The molecule has 3 rings (SSSR count). The molecule has 1 aliphatic heterocycles. The fraction of sp³-hybridized carbons (Fsp3) is 0.222. The third-order valence-corrected chi connectivity index (χ3v) is 4.23. The molecule has 0 aromatic heterocycles. The van der Waals surface area contributed by atoms with Crippen molar-refractivity contribution in [2.75, 3.05) is 4.90 Å². The highest BCUT2D eigenvalue weighted by Crippen LogP contribution is 2.25. The van der Waals surface area contributed by atoms with Crippen LogP contribution in [0.25, 0.3) is 0 Å². The summed E-state index contributed by atoms with van der Waals surface area (Å²) in [6, 6.07) is 16.0. The van der Waals surface area contributed by atoms with E-state index in [0.29, 0.717) is 10.7 Å². The first-order chi connectivity index (χ1) is 11.1. The summed E-state index contributed by atoms with van der Waals surface area (Å²) >= 11 is 5.86. The number of imide groups is 1. The average Bonchev–Trinajstić information content (AvgIpc) is 2.83. The fourth-order valence-corrected chi connectivity index (χ4v) is 2.89. The maximum absolute atomic E-state index is 12.6. The van der Waals surface area contributed by atoms with Crippen LogP contribution < -0.4 is 10.2 Å². The van der Waals surface area contributed by atoms with E-state index in [2.05, 4.69) is 5.32 Å². The van der Waals surface area contributed by atoms with Gasteiger partial charge in [-0.1, -0.05) is 41.9 Å². The summed E-state index contributed by atoms with van der Waals surface area (Å²) in [7, 11) is 0. The number of halogens is 1. The van der Waals surface area contributed by atoms with Gasteiger partial charge in [0.25, 0.3) is 5.91 Å². The number of carbonyl (C=O) groups is 2. The van der Waals surface area contributed by atoms with Crippen molar-refractivity contribution in [2.24, 2.45) is 0 Å². The predicted molar refractivity (Wildman–Crippen MR) is 90.3 cm³/mol. The molecule has 2 aromatic rings. The van der Waals surface area contributed by atoms with E-state index in [0.717, 1.165) is 5.56 Å². The lowest BCUT2D eigenvalue weighted by Crippen LogP contribution is -2.39. The van der Waals surface area contributed by atoms with Gasteiger partial charge in [0.2, 0.25) is 5.91 Å². The molecule has 2 atom stereocenters. The number of nitrogens with one attached hydrogen (secondary N) is 1. The summed E-state index contributed by atoms with van der Waals surface area (Å²) in [5.41, 5.74) is 1.64. The lowest BCUT2D eigenvalue weighted by molar-refractivity contribution is -0.121. The number of hydrogen-bond donors (Lipinski definition) is 1. The standard InChI is InChI=1S/C18H17ClN2O2/c1-12(13-5-3-2-4-6-13)20-16-11-17(22)21(18(16)23)15-9-7-14(19)8-10-15/h2-10,12,16,20H,11H2,1H3/t12-,16-/m0/s1. The second-order valence-electron chi connectivity index (χ2n) is 5.60. The van der Waals surface area contributed by atoms with E-state index in [-0.39, 0.29) is 24.3 Å². The Bertz CT molecular complexity index is 716. The van der Waals surface area contributed by atoms with Gasteiger partial charge in [-0.2, -0.15) is 0 Å². The van der Waals surface area contributed by atoms with Gasteiger partial charge >= 0.3 is 0 Å². The van der Waals surface area contributed by atoms with Gasteiger partial charge in [-0.3, -0.25) is 14.9 Å². The molecule has 1 aliphatic rings. The molecule has 118 valence electrons. The minimum absolute atomic E-state index is 0.0110. The quantitative estimate of drug-likeness (QED) is 0.876. The van der Waals surface area contributed by atoms with Gasteiger partial charge in [0.1, 0.15) is 0 Å². The summed E-state index contributed by atoms with van der Waals surface area (Å²) < 4.78 is 0. The third kappa shape index (κ3) is 3.28.